The molecule has 1 fully saturated rings. The van der Waals surface area contributed by atoms with Gasteiger partial charge >= 0.3 is 0 Å². The van der Waals surface area contributed by atoms with Gasteiger partial charge in [0, 0.05) is 13.0 Å². The van der Waals surface area contributed by atoms with Gasteiger partial charge in [-0.15, -0.1) is 0 Å². The molecule has 0 N–H and O–H groups in total. The first-order valence-corrected chi connectivity index (χ1v) is 7.12. The number of hydrogen-bond donors (Lipinski definition) is 0. The third kappa shape index (κ3) is 4.67. The summed E-state index contributed by atoms with van der Waals surface area (Å²) in [6.45, 7) is 7.72. The van der Waals surface area contributed by atoms with Gasteiger partial charge in [0.25, 0.3) is 0 Å². The predicted octanol–water partition coefficient (Wildman–Crippen LogP) is 3.33. The standard InChI is InChI=1S/C15H25N3/c1-3-15(2)7-5-10-18(11-8-15)13-14(12-17)6-4-9-16/h14H,3-8,10-11,13H2,1-2H3/t14-,15+/m0/s1. The van der Waals surface area contributed by atoms with Crippen molar-refractivity contribution in [3.05, 3.63) is 0 Å². The number of likely N-dealkylation sites (tertiary alicyclic amines) is 1. The van der Waals surface area contributed by atoms with Crippen molar-refractivity contribution in [2.75, 3.05) is 19.6 Å². The third-order valence-electron chi connectivity index (χ3n) is 4.41. The Hall–Kier alpha value is -1.06. The molecule has 0 aromatic heterocycles. The molecule has 0 bridgehead atoms. The van der Waals surface area contributed by atoms with Gasteiger partial charge in [-0.25, -0.2) is 0 Å². The normalized spacial score (nSPS) is 26.9. The highest BCUT2D eigenvalue weighted by atomic mass is 15.1. The van der Waals surface area contributed by atoms with Crippen LogP contribution in [0.1, 0.15) is 52.4 Å². The maximum atomic E-state index is 9.12. The number of hydrogen-bond acceptors (Lipinski definition) is 3. The minimum absolute atomic E-state index is 0.0237. The molecular weight excluding hydrogens is 222 g/mol. The lowest BCUT2D eigenvalue weighted by Gasteiger charge is -2.27. The summed E-state index contributed by atoms with van der Waals surface area (Å²) >= 11 is 0. The summed E-state index contributed by atoms with van der Waals surface area (Å²) in [5, 5.41) is 17.7. The molecule has 100 valence electrons. The Labute approximate surface area is 111 Å². The van der Waals surface area contributed by atoms with Crippen molar-refractivity contribution < 1.29 is 0 Å². The number of nitrogens with zero attached hydrogens (tertiary/aromatic N) is 3. The van der Waals surface area contributed by atoms with E-state index in [2.05, 4.69) is 30.9 Å². The van der Waals surface area contributed by atoms with Gasteiger partial charge in [-0.2, -0.15) is 10.5 Å². The fourth-order valence-electron chi connectivity index (χ4n) is 2.68. The lowest BCUT2D eigenvalue weighted by Crippen LogP contribution is -2.30. The van der Waals surface area contributed by atoms with Crippen LogP contribution >= 0.6 is 0 Å². The van der Waals surface area contributed by atoms with Crippen LogP contribution in [0.4, 0.5) is 0 Å². The molecule has 1 heterocycles. The van der Waals surface area contributed by atoms with Gasteiger partial charge < -0.3 is 4.90 Å². The summed E-state index contributed by atoms with van der Waals surface area (Å²) in [4.78, 5) is 2.42. The zero-order valence-electron chi connectivity index (χ0n) is 11.8. The fourth-order valence-corrected chi connectivity index (χ4v) is 2.68. The van der Waals surface area contributed by atoms with Crippen LogP contribution in [0, 0.1) is 34.0 Å². The Bertz CT molecular complexity index is 326. The van der Waals surface area contributed by atoms with E-state index in [1.54, 1.807) is 0 Å². The summed E-state index contributed by atoms with van der Waals surface area (Å²) in [5.74, 6) is 0.0237. The maximum absolute atomic E-state index is 9.12. The van der Waals surface area contributed by atoms with E-state index in [9.17, 15) is 0 Å². The van der Waals surface area contributed by atoms with Crippen molar-refractivity contribution in [1.82, 2.24) is 4.90 Å². The highest BCUT2D eigenvalue weighted by Crippen LogP contribution is 2.34. The summed E-state index contributed by atoms with van der Waals surface area (Å²) in [5.41, 5.74) is 0.490. The molecule has 0 unspecified atom stereocenters. The first kappa shape index (κ1) is 15.0. The average Bonchev–Trinajstić information content (AvgIpc) is 2.57. The second kappa shape index (κ2) is 7.39. The van der Waals surface area contributed by atoms with Crippen LogP contribution < -0.4 is 0 Å². The molecule has 1 rings (SSSR count). The Balaban J connectivity index is 2.44. The van der Waals surface area contributed by atoms with Crippen molar-refractivity contribution in [2.24, 2.45) is 11.3 Å². The predicted molar refractivity (Wildman–Crippen MR) is 72.6 cm³/mol. The van der Waals surface area contributed by atoms with Crippen molar-refractivity contribution >= 4 is 0 Å². The van der Waals surface area contributed by atoms with Crippen molar-refractivity contribution in [3.8, 4) is 12.1 Å². The van der Waals surface area contributed by atoms with Crippen LogP contribution in [0.2, 0.25) is 0 Å². The second-order valence-corrected chi connectivity index (χ2v) is 5.84. The molecule has 1 aliphatic heterocycles. The van der Waals surface area contributed by atoms with Crippen LogP contribution in [0.3, 0.4) is 0 Å². The van der Waals surface area contributed by atoms with Gasteiger partial charge in [0.1, 0.15) is 0 Å². The van der Waals surface area contributed by atoms with Crippen LogP contribution in [-0.2, 0) is 0 Å². The molecule has 0 aromatic carbocycles. The molecule has 0 amide bonds. The Morgan fingerprint density at radius 3 is 2.67 bits per heavy atom. The Morgan fingerprint density at radius 1 is 1.28 bits per heavy atom. The summed E-state index contributed by atoms with van der Waals surface area (Å²) in [7, 11) is 0. The maximum Gasteiger partial charge on any atom is 0.0669 e. The van der Waals surface area contributed by atoms with E-state index < -0.39 is 0 Å². The summed E-state index contributed by atoms with van der Waals surface area (Å²) in [6, 6.07) is 4.48. The van der Waals surface area contributed by atoms with E-state index in [4.69, 9.17) is 10.5 Å². The number of nitriles is 2. The monoisotopic (exact) mass is 247 g/mol. The van der Waals surface area contributed by atoms with E-state index in [0.717, 1.165) is 19.6 Å². The fraction of sp³-hybridized carbons (Fsp3) is 0.867. The van der Waals surface area contributed by atoms with E-state index in [1.165, 1.54) is 25.7 Å². The topological polar surface area (TPSA) is 50.8 Å². The van der Waals surface area contributed by atoms with Gasteiger partial charge in [-0.3, -0.25) is 0 Å². The summed E-state index contributed by atoms with van der Waals surface area (Å²) in [6.07, 6.45) is 6.24. The molecule has 3 heteroatoms. The molecule has 0 aromatic rings. The second-order valence-electron chi connectivity index (χ2n) is 5.84. The van der Waals surface area contributed by atoms with Gasteiger partial charge in [0.05, 0.1) is 18.1 Å². The smallest absolute Gasteiger partial charge is 0.0669 e. The first-order chi connectivity index (χ1) is 8.63. The minimum Gasteiger partial charge on any atom is -0.302 e. The molecule has 0 radical (unpaired) electrons. The average molecular weight is 247 g/mol. The number of rotatable bonds is 5. The molecule has 0 aliphatic carbocycles. The summed E-state index contributed by atoms with van der Waals surface area (Å²) < 4.78 is 0. The minimum atomic E-state index is 0.0237. The van der Waals surface area contributed by atoms with E-state index in [1.807, 2.05) is 0 Å². The van der Waals surface area contributed by atoms with Gasteiger partial charge in [-0.05, 0) is 44.2 Å². The van der Waals surface area contributed by atoms with Crippen LogP contribution in [-0.4, -0.2) is 24.5 Å². The lowest BCUT2D eigenvalue weighted by atomic mass is 9.80. The molecular formula is C15H25N3. The van der Waals surface area contributed by atoms with Gasteiger partial charge in [0.15, 0.2) is 0 Å². The Kier molecular flexibility index (Phi) is 6.16. The lowest BCUT2D eigenvalue weighted by molar-refractivity contribution is 0.228. The first-order valence-electron chi connectivity index (χ1n) is 7.12. The SMILES string of the molecule is CC[C@]1(C)CCCN(C[C@H](C#N)CCC#N)CC1. The molecule has 1 aliphatic rings. The van der Waals surface area contributed by atoms with Gasteiger partial charge in [-0.1, -0.05) is 20.3 Å². The highest BCUT2D eigenvalue weighted by molar-refractivity contribution is 4.89. The third-order valence-corrected chi connectivity index (χ3v) is 4.41. The molecule has 1 saturated heterocycles. The largest absolute Gasteiger partial charge is 0.302 e. The molecule has 2 atom stereocenters. The Morgan fingerprint density at radius 2 is 2.06 bits per heavy atom. The van der Waals surface area contributed by atoms with Crippen LogP contribution in [0.5, 0.6) is 0 Å². The van der Waals surface area contributed by atoms with E-state index in [-0.39, 0.29) is 5.92 Å². The zero-order valence-corrected chi connectivity index (χ0v) is 11.8. The van der Waals surface area contributed by atoms with Crippen molar-refractivity contribution in [2.45, 2.75) is 52.4 Å². The van der Waals surface area contributed by atoms with Crippen LogP contribution in [0.25, 0.3) is 0 Å². The molecule has 3 nitrogen and oxygen atoms in total. The van der Waals surface area contributed by atoms with Gasteiger partial charge in [0.2, 0.25) is 0 Å². The van der Waals surface area contributed by atoms with Crippen molar-refractivity contribution in [1.29, 1.82) is 10.5 Å². The van der Waals surface area contributed by atoms with Crippen molar-refractivity contribution in [3.63, 3.8) is 0 Å². The zero-order chi connectivity index (χ0) is 13.4. The highest BCUT2D eigenvalue weighted by Gasteiger charge is 2.26. The van der Waals surface area contributed by atoms with E-state index >= 15 is 0 Å². The molecule has 0 saturated carbocycles. The quantitative estimate of drug-likeness (QED) is 0.748. The molecule has 0 spiro atoms. The molecule has 18 heavy (non-hydrogen) atoms. The van der Waals surface area contributed by atoms with E-state index in [0.29, 0.717) is 18.3 Å². The van der Waals surface area contributed by atoms with Crippen LogP contribution in [0.15, 0.2) is 0 Å².